The fraction of sp³-hybridized carbons (Fsp3) is 0.607. The van der Waals surface area contributed by atoms with Crippen LogP contribution in [0.25, 0.3) is 0 Å². The molecule has 368 valence electrons. The SMILES string of the molecule is CCCCCCCCCCCC(=O)Nc1cc2c(c(CCCCCCCCCCCC(=O)O)c1CCCCCCCCCCCC(=O)O)C(=O)OC21c2ccc(O)cc2Oc2cc(O)ccc21. The molecule has 0 saturated carbocycles. The monoisotopic (exact) mass is 926 g/mol. The number of carbonyl (C=O) groups excluding carboxylic acids is 2. The Bertz CT molecular complexity index is 2010. The standard InChI is InChI=1S/C56H79NO10/c1-2-3-4-5-6-9-16-21-26-31-51(60)57-48-40-47-54(55(65)67-56(47)45-36-34-41(58)38-49(45)66-50-39-42(59)35-37-46(50)56)44(30-25-20-15-11-8-13-18-23-28-33-53(63)64)43(48)29-24-19-14-10-7-12-17-22-27-32-52(61)62/h34-40,58-59H,2-33H2,1H3,(H,57,60)(H,61,62)(H,63,64). The molecule has 2 aliphatic rings. The van der Waals surface area contributed by atoms with Crippen molar-refractivity contribution in [2.45, 2.75) is 218 Å². The summed E-state index contributed by atoms with van der Waals surface area (Å²) in [5, 5.41) is 42.4. The van der Waals surface area contributed by atoms with E-state index in [1.165, 1.54) is 50.7 Å². The number of ether oxygens (including phenoxy) is 2. The number of aromatic hydroxyl groups is 2. The Balaban J connectivity index is 1.41. The van der Waals surface area contributed by atoms with Crippen LogP contribution in [0.15, 0.2) is 42.5 Å². The summed E-state index contributed by atoms with van der Waals surface area (Å²) in [5.41, 5.74) is 3.35. The Morgan fingerprint density at radius 3 is 1.36 bits per heavy atom. The van der Waals surface area contributed by atoms with Gasteiger partial charge in [-0.15, -0.1) is 0 Å². The first kappa shape index (κ1) is 52.9. The molecule has 1 spiro atoms. The molecular weight excluding hydrogens is 847 g/mol. The van der Waals surface area contributed by atoms with Gasteiger partial charge in [0.2, 0.25) is 5.91 Å². The molecule has 67 heavy (non-hydrogen) atoms. The van der Waals surface area contributed by atoms with Crippen LogP contribution in [-0.2, 0) is 37.6 Å². The summed E-state index contributed by atoms with van der Waals surface area (Å²) in [7, 11) is 0. The van der Waals surface area contributed by atoms with Crippen molar-refractivity contribution >= 4 is 29.5 Å². The van der Waals surface area contributed by atoms with E-state index in [1.807, 2.05) is 6.07 Å². The molecule has 11 heteroatoms. The van der Waals surface area contributed by atoms with E-state index in [4.69, 9.17) is 19.7 Å². The van der Waals surface area contributed by atoms with E-state index < -0.39 is 23.5 Å². The topological polar surface area (TPSA) is 180 Å². The highest BCUT2D eigenvalue weighted by Crippen LogP contribution is 2.58. The molecule has 11 nitrogen and oxygen atoms in total. The largest absolute Gasteiger partial charge is 0.508 e. The number of carbonyl (C=O) groups is 4. The van der Waals surface area contributed by atoms with Gasteiger partial charge in [0.25, 0.3) is 0 Å². The predicted octanol–water partition coefficient (Wildman–Crippen LogP) is 14.6. The summed E-state index contributed by atoms with van der Waals surface area (Å²) >= 11 is 0. The zero-order valence-electron chi connectivity index (χ0n) is 40.4. The van der Waals surface area contributed by atoms with Crippen molar-refractivity contribution in [1.82, 2.24) is 0 Å². The van der Waals surface area contributed by atoms with Gasteiger partial charge < -0.3 is 35.2 Å². The minimum absolute atomic E-state index is 0.0172. The number of carboxylic acids is 2. The zero-order valence-corrected chi connectivity index (χ0v) is 40.4. The second kappa shape index (κ2) is 28.3. The molecule has 0 fully saturated rings. The van der Waals surface area contributed by atoms with Crippen molar-refractivity contribution in [1.29, 1.82) is 0 Å². The summed E-state index contributed by atoms with van der Waals surface area (Å²) in [5.74, 6) is -1.40. The van der Waals surface area contributed by atoms with E-state index in [1.54, 1.807) is 24.3 Å². The number of rotatable bonds is 35. The van der Waals surface area contributed by atoms with Gasteiger partial charge in [-0.25, -0.2) is 4.79 Å². The molecule has 0 aliphatic carbocycles. The van der Waals surface area contributed by atoms with Crippen molar-refractivity contribution in [3.8, 4) is 23.0 Å². The highest BCUT2D eigenvalue weighted by molar-refractivity contribution is 6.01. The first-order valence-corrected chi connectivity index (χ1v) is 26.1. The maximum atomic E-state index is 14.7. The number of hydrogen-bond donors (Lipinski definition) is 5. The van der Waals surface area contributed by atoms with E-state index in [9.17, 15) is 29.4 Å². The van der Waals surface area contributed by atoms with E-state index in [0.717, 1.165) is 146 Å². The Morgan fingerprint density at radius 2 is 0.910 bits per heavy atom. The highest BCUT2D eigenvalue weighted by Gasteiger charge is 2.55. The van der Waals surface area contributed by atoms with Crippen LogP contribution in [0.5, 0.6) is 23.0 Å². The zero-order chi connectivity index (χ0) is 47.9. The Morgan fingerprint density at radius 1 is 0.507 bits per heavy atom. The van der Waals surface area contributed by atoms with Crippen molar-refractivity contribution < 1.29 is 49.1 Å². The predicted molar refractivity (Wildman–Crippen MR) is 264 cm³/mol. The molecule has 0 radical (unpaired) electrons. The number of aliphatic carboxylic acids is 2. The first-order chi connectivity index (χ1) is 32.5. The normalized spacial score (nSPS) is 13.2. The molecule has 5 N–H and O–H groups in total. The lowest BCUT2D eigenvalue weighted by Gasteiger charge is -2.36. The number of fused-ring (bicyclic) bond motifs is 6. The second-order valence-corrected chi connectivity index (χ2v) is 19.1. The number of unbranched alkanes of at least 4 members (excludes halogenated alkanes) is 24. The third-order valence-electron chi connectivity index (χ3n) is 13.7. The van der Waals surface area contributed by atoms with E-state index >= 15 is 0 Å². The number of phenolic OH excluding ortho intramolecular Hbond substituents is 2. The lowest BCUT2D eigenvalue weighted by atomic mass is 9.75. The number of nitrogens with one attached hydrogen (secondary N) is 1. The number of benzene rings is 3. The van der Waals surface area contributed by atoms with Gasteiger partial charge in [-0.1, -0.05) is 148 Å². The number of amides is 1. The van der Waals surface area contributed by atoms with Gasteiger partial charge >= 0.3 is 17.9 Å². The fourth-order valence-corrected chi connectivity index (χ4v) is 10.1. The van der Waals surface area contributed by atoms with Crippen LogP contribution in [0.4, 0.5) is 5.69 Å². The Hall–Kier alpha value is -5.06. The lowest BCUT2D eigenvalue weighted by Crippen LogP contribution is -2.33. The van der Waals surface area contributed by atoms with Crippen LogP contribution in [-0.4, -0.2) is 44.2 Å². The van der Waals surface area contributed by atoms with Gasteiger partial charge in [0, 0.05) is 53.8 Å². The average molecular weight is 926 g/mol. The summed E-state index contributed by atoms with van der Waals surface area (Å²) in [6.07, 6.45) is 30.3. The lowest BCUT2D eigenvalue weighted by molar-refractivity contribution is -0.138. The Labute approximate surface area is 399 Å². The summed E-state index contributed by atoms with van der Waals surface area (Å²) < 4.78 is 12.9. The summed E-state index contributed by atoms with van der Waals surface area (Å²) in [6, 6.07) is 11.5. The quantitative estimate of drug-likeness (QED) is 0.0281. The number of hydrogen-bond acceptors (Lipinski definition) is 8. The maximum Gasteiger partial charge on any atom is 0.340 e. The fourth-order valence-electron chi connectivity index (χ4n) is 10.1. The number of phenols is 2. The van der Waals surface area contributed by atoms with Crippen LogP contribution >= 0.6 is 0 Å². The Kier molecular flexibility index (Phi) is 22.4. The maximum absolute atomic E-state index is 14.7. The van der Waals surface area contributed by atoms with Crippen molar-refractivity contribution in [3.05, 3.63) is 75.8 Å². The molecule has 3 aromatic rings. The van der Waals surface area contributed by atoms with Gasteiger partial charge in [-0.3, -0.25) is 14.4 Å². The van der Waals surface area contributed by atoms with Gasteiger partial charge in [0.15, 0.2) is 5.60 Å². The second-order valence-electron chi connectivity index (χ2n) is 19.1. The van der Waals surface area contributed by atoms with Gasteiger partial charge in [-0.05, 0) is 86.4 Å². The van der Waals surface area contributed by atoms with E-state index in [-0.39, 0.29) is 30.2 Å². The van der Waals surface area contributed by atoms with Crippen LogP contribution in [0.3, 0.4) is 0 Å². The smallest absolute Gasteiger partial charge is 0.340 e. The van der Waals surface area contributed by atoms with Crippen molar-refractivity contribution in [2.75, 3.05) is 5.32 Å². The third-order valence-corrected chi connectivity index (χ3v) is 13.7. The minimum atomic E-state index is -1.46. The molecule has 2 aliphatic heterocycles. The van der Waals surface area contributed by atoms with Gasteiger partial charge in [-0.2, -0.15) is 0 Å². The van der Waals surface area contributed by atoms with Crippen molar-refractivity contribution in [3.63, 3.8) is 0 Å². The molecule has 0 unspecified atom stereocenters. The number of carboxylic acid groups (broad SMARTS) is 2. The number of anilines is 1. The summed E-state index contributed by atoms with van der Waals surface area (Å²) in [4.78, 5) is 50.4. The van der Waals surface area contributed by atoms with E-state index in [0.29, 0.717) is 58.7 Å². The summed E-state index contributed by atoms with van der Waals surface area (Å²) in [6.45, 7) is 2.23. The molecule has 3 aromatic carbocycles. The molecule has 0 atom stereocenters. The molecule has 0 bridgehead atoms. The molecule has 5 rings (SSSR count). The van der Waals surface area contributed by atoms with Crippen LogP contribution in [0.2, 0.25) is 0 Å². The van der Waals surface area contributed by atoms with Crippen LogP contribution in [0.1, 0.15) is 238 Å². The molecule has 1 amide bonds. The molecule has 0 aromatic heterocycles. The minimum Gasteiger partial charge on any atom is -0.508 e. The van der Waals surface area contributed by atoms with Gasteiger partial charge in [0.1, 0.15) is 23.0 Å². The van der Waals surface area contributed by atoms with Gasteiger partial charge in [0.05, 0.1) is 5.56 Å². The van der Waals surface area contributed by atoms with Crippen LogP contribution < -0.4 is 10.1 Å². The highest BCUT2D eigenvalue weighted by atomic mass is 16.6. The molecular formula is C56H79NO10. The molecule has 0 saturated heterocycles. The van der Waals surface area contributed by atoms with Crippen molar-refractivity contribution in [2.24, 2.45) is 0 Å². The molecule has 2 heterocycles. The first-order valence-electron chi connectivity index (χ1n) is 26.1. The third kappa shape index (κ3) is 16.0. The van der Waals surface area contributed by atoms with Crippen LogP contribution in [0, 0.1) is 0 Å². The van der Waals surface area contributed by atoms with E-state index in [2.05, 4.69) is 12.2 Å². The number of esters is 1. The average Bonchev–Trinajstić information content (AvgIpc) is 3.57.